The number of aromatic nitrogens is 1. The van der Waals surface area contributed by atoms with Crippen LogP contribution in [0.1, 0.15) is 5.56 Å². The number of pyridine rings is 1. The van der Waals surface area contributed by atoms with Crippen LogP contribution in [0.25, 0.3) is 11.3 Å². The third-order valence-corrected chi connectivity index (χ3v) is 5.04. The number of primary amides is 1. The van der Waals surface area contributed by atoms with Gasteiger partial charge in [0.2, 0.25) is 10.0 Å². The van der Waals surface area contributed by atoms with Crippen LogP contribution in [0.3, 0.4) is 0 Å². The van der Waals surface area contributed by atoms with Gasteiger partial charge in [-0.1, -0.05) is 6.07 Å². The van der Waals surface area contributed by atoms with E-state index in [1.165, 1.54) is 24.3 Å². The van der Waals surface area contributed by atoms with Gasteiger partial charge >= 0.3 is 0 Å². The summed E-state index contributed by atoms with van der Waals surface area (Å²) in [4.78, 5) is 15.1. The first-order valence-electron chi connectivity index (χ1n) is 7.92. The van der Waals surface area contributed by atoms with Gasteiger partial charge in [0, 0.05) is 18.3 Å². The van der Waals surface area contributed by atoms with Crippen molar-refractivity contribution in [3.63, 3.8) is 0 Å². The van der Waals surface area contributed by atoms with Crippen LogP contribution in [-0.4, -0.2) is 25.9 Å². The Hall–Kier alpha value is -3.17. The highest BCUT2D eigenvalue weighted by atomic mass is 32.2. The maximum Gasteiger partial charge on any atom is 0.255 e. The molecule has 0 spiro atoms. The minimum absolute atomic E-state index is 0.0805. The number of nitrogens with one attached hydrogen (secondary N) is 1. The van der Waals surface area contributed by atoms with E-state index < -0.39 is 15.9 Å². The van der Waals surface area contributed by atoms with Crippen molar-refractivity contribution < 1.29 is 22.4 Å². The fraction of sp³-hybridized carbons (Fsp3) is 0.111. The van der Waals surface area contributed by atoms with Crippen molar-refractivity contribution in [1.29, 1.82) is 0 Å². The first-order chi connectivity index (χ1) is 12.9. The van der Waals surface area contributed by atoms with Crippen molar-refractivity contribution in [3.8, 4) is 17.0 Å². The normalized spacial score (nSPS) is 11.3. The van der Waals surface area contributed by atoms with Crippen LogP contribution in [0.5, 0.6) is 5.75 Å². The molecule has 0 bridgehead atoms. The van der Waals surface area contributed by atoms with Gasteiger partial charge in [0.25, 0.3) is 5.91 Å². The molecule has 0 radical (unpaired) electrons. The Morgan fingerprint density at radius 3 is 2.52 bits per heavy atom. The topological polar surface area (TPSA) is 125 Å². The van der Waals surface area contributed by atoms with Crippen LogP contribution in [0, 0.1) is 0 Å². The second-order valence-electron chi connectivity index (χ2n) is 5.61. The number of sulfonamides is 1. The lowest BCUT2D eigenvalue weighted by molar-refractivity contribution is -0.119. The molecule has 0 atom stereocenters. The summed E-state index contributed by atoms with van der Waals surface area (Å²) in [6.07, 6.45) is 4.75. The number of nitrogens with two attached hydrogens (primary N) is 1. The van der Waals surface area contributed by atoms with E-state index in [-0.39, 0.29) is 18.0 Å². The second kappa shape index (κ2) is 8.02. The fourth-order valence-electron chi connectivity index (χ4n) is 2.24. The number of rotatable bonds is 8. The van der Waals surface area contributed by atoms with Crippen molar-refractivity contribution >= 4 is 15.9 Å². The van der Waals surface area contributed by atoms with E-state index in [1.807, 2.05) is 0 Å². The van der Waals surface area contributed by atoms with Crippen LogP contribution >= 0.6 is 0 Å². The molecule has 0 saturated carbocycles. The number of furan rings is 1. The van der Waals surface area contributed by atoms with Crippen LogP contribution in [0.2, 0.25) is 0 Å². The maximum atomic E-state index is 12.4. The van der Waals surface area contributed by atoms with Crippen LogP contribution < -0.4 is 15.2 Å². The largest absolute Gasteiger partial charge is 0.484 e. The van der Waals surface area contributed by atoms with E-state index in [2.05, 4.69) is 9.71 Å². The fourth-order valence-corrected chi connectivity index (χ4v) is 3.26. The predicted octanol–water partition coefficient (Wildman–Crippen LogP) is 1.68. The molecule has 27 heavy (non-hydrogen) atoms. The molecule has 0 aliphatic rings. The van der Waals surface area contributed by atoms with E-state index in [0.29, 0.717) is 11.3 Å². The van der Waals surface area contributed by atoms with Gasteiger partial charge in [0.15, 0.2) is 6.61 Å². The number of nitrogens with zero attached hydrogens (tertiary/aromatic N) is 1. The number of hydrogen-bond donors (Lipinski definition) is 2. The molecule has 3 rings (SSSR count). The second-order valence-corrected chi connectivity index (χ2v) is 7.38. The van der Waals surface area contributed by atoms with Crippen molar-refractivity contribution in [2.75, 3.05) is 6.61 Å². The maximum absolute atomic E-state index is 12.4. The van der Waals surface area contributed by atoms with Crippen LogP contribution in [0.15, 0.2) is 70.5 Å². The zero-order valence-electron chi connectivity index (χ0n) is 14.2. The van der Waals surface area contributed by atoms with Gasteiger partial charge in [-0.15, -0.1) is 0 Å². The Labute approximate surface area is 156 Å². The zero-order chi connectivity index (χ0) is 19.3. The summed E-state index contributed by atoms with van der Waals surface area (Å²) in [5, 5.41) is 0. The highest BCUT2D eigenvalue weighted by Crippen LogP contribution is 2.18. The van der Waals surface area contributed by atoms with E-state index >= 15 is 0 Å². The average Bonchev–Trinajstić information content (AvgIpc) is 3.20. The van der Waals surface area contributed by atoms with Gasteiger partial charge in [0.05, 0.1) is 23.1 Å². The standard InChI is InChI=1S/C18H17N3O5S/c19-18(22)12-26-15-2-4-16(5-3-15)27(23,24)21-10-13-1-6-17(20-9-13)14-7-8-25-11-14/h1-9,11,21H,10,12H2,(H2,19,22). The summed E-state index contributed by atoms with van der Waals surface area (Å²) in [6.45, 7) is -0.174. The molecule has 0 aliphatic carbocycles. The molecule has 140 valence electrons. The van der Waals surface area contributed by atoms with E-state index in [9.17, 15) is 13.2 Å². The van der Waals surface area contributed by atoms with Gasteiger partial charge in [-0.25, -0.2) is 13.1 Å². The lowest BCUT2D eigenvalue weighted by atomic mass is 10.2. The third-order valence-electron chi connectivity index (χ3n) is 3.62. The smallest absolute Gasteiger partial charge is 0.255 e. The average molecular weight is 387 g/mol. The minimum atomic E-state index is -3.70. The Morgan fingerprint density at radius 1 is 1.15 bits per heavy atom. The number of benzene rings is 1. The van der Waals surface area contributed by atoms with Crippen molar-refractivity contribution in [2.45, 2.75) is 11.4 Å². The SMILES string of the molecule is NC(=O)COc1ccc(S(=O)(=O)NCc2ccc(-c3ccoc3)nc2)cc1. The molecule has 8 nitrogen and oxygen atoms in total. The Morgan fingerprint density at radius 2 is 1.93 bits per heavy atom. The Kier molecular flexibility index (Phi) is 5.53. The summed E-state index contributed by atoms with van der Waals surface area (Å²) in [6, 6.07) is 11.1. The molecular formula is C18H17N3O5S. The molecule has 0 aliphatic heterocycles. The lowest BCUT2D eigenvalue weighted by Crippen LogP contribution is -2.23. The predicted molar refractivity (Wildman–Crippen MR) is 97.1 cm³/mol. The van der Waals surface area contributed by atoms with Gasteiger partial charge in [-0.05, 0) is 42.0 Å². The highest BCUT2D eigenvalue weighted by molar-refractivity contribution is 7.89. The number of ether oxygens (including phenoxy) is 1. The number of carbonyl (C=O) groups is 1. The molecule has 2 heterocycles. The first kappa shape index (κ1) is 18.6. The first-order valence-corrected chi connectivity index (χ1v) is 9.41. The molecule has 3 aromatic rings. The van der Waals surface area contributed by atoms with E-state index in [0.717, 1.165) is 11.3 Å². The molecular weight excluding hydrogens is 370 g/mol. The summed E-state index contributed by atoms with van der Waals surface area (Å²) in [7, 11) is -3.70. The van der Waals surface area contributed by atoms with Gasteiger partial charge < -0.3 is 14.9 Å². The highest BCUT2D eigenvalue weighted by Gasteiger charge is 2.14. The molecule has 0 fully saturated rings. The number of amides is 1. The van der Waals surface area contributed by atoms with Crippen molar-refractivity contribution in [1.82, 2.24) is 9.71 Å². The van der Waals surface area contributed by atoms with Gasteiger partial charge in [0.1, 0.15) is 5.75 Å². The molecule has 1 aromatic carbocycles. The Bertz CT molecular complexity index is 998. The quantitative estimate of drug-likeness (QED) is 0.606. The Balaban J connectivity index is 1.62. The van der Waals surface area contributed by atoms with Crippen molar-refractivity contribution in [3.05, 3.63) is 66.8 Å². The summed E-state index contributed by atoms with van der Waals surface area (Å²) in [5.74, 6) is -0.257. The summed E-state index contributed by atoms with van der Waals surface area (Å²) in [5.41, 5.74) is 7.29. The van der Waals surface area contributed by atoms with Crippen molar-refractivity contribution in [2.24, 2.45) is 5.73 Å². The molecule has 2 aromatic heterocycles. The molecule has 9 heteroatoms. The summed E-state index contributed by atoms with van der Waals surface area (Å²) >= 11 is 0. The number of carbonyl (C=O) groups excluding carboxylic acids is 1. The van der Waals surface area contributed by atoms with Crippen LogP contribution in [-0.2, 0) is 21.4 Å². The van der Waals surface area contributed by atoms with Crippen LogP contribution in [0.4, 0.5) is 0 Å². The zero-order valence-corrected chi connectivity index (χ0v) is 15.0. The molecule has 3 N–H and O–H groups in total. The van der Waals surface area contributed by atoms with E-state index in [1.54, 1.807) is 36.9 Å². The van der Waals surface area contributed by atoms with Gasteiger partial charge in [-0.2, -0.15) is 0 Å². The van der Waals surface area contributed by atoms with Gasteiger partial charge in [-0.3, -0.25) is 9.78 Å². The summed E-state index contributed by atoms with van der Waals surface area (Å²) < 4.78 is 37.4. The molecule has 0 saturated heterocycles. The number of hydrogen-bond acceptors (Lipinski definition) is 6. The lowest BCUT2D eigenvalue weighted by Gasteiger charge is -2.08. The molecule has 1 amide bonds. The molecule has 0 unspecified atom stereocenters. The monoisotopic (exact) mass is 387 g/mol. The van der Waals surface area contributed by atoms with E-state index in [4.69, 9.17) is 14.9 Å². The minimum Gasteiger partial charge on any atom is -0.484 e. The third kappa shape index (κ3) is 4.93.